The zero-order chi connectivity index (χ0) is 17.5. The smallest absolute Gasteiger partial charge is 0.235 e. The second-order valence-corrected chi connectivity index (χ2v) is 6.70. The molecule has 5 rings (SSSR count). The first-order chi connectivity index (χ1) is 12.8. The Labute approximate surface area is 152 Å². The van der Waals surface area contributed by atoms with Gasteiger partial charge in [0.05, 0.1) is 12.6 Å². The lowest BCUT2D eigenvalue weighted by Gasteiger charge is -2.03. The first kappa shape index (κ1) is 15.0. The Bertz CT molecular complexity index is 1230. The van der Waals surface area contributed by atoms with Gasteiger partial charge in [-0.1, -0.05) is 47.7 Å². The van der Waals surface area contributed by atoms with Crippen LogP contribution in [-0.2, 0) is 0 Å². The molecule has 2 aromatic carbocycles. The Morgan fingerprint density at radius 1 is 0.962 bits per heavy atom. The van der Waals surface area contributed by atoms with Gasteiger partial charge in [0.25, 0.3) is 0 Å². The summed E-state index contributed by atoms with van der Waals surface area (Å²) in [6.07, 6.45) is 0. The van der Waals surface area contributed by atoms with Gasteiger partial charge in [0.15, 0.2) is 10.8 Å². The number of pyridine rings is 1. The van der Waals surface area contributed by atoms with E-state index in [4.69, 9.17) is 9.72 Å². The molecule has 6 nitrogen and oxygen atoms in total. The molecule has 0 aliphatic rings. The van der Waals surface area contributed by atoms with Crippen LogP contribution in [-0.4, -0.2) is 31.9 Å². The zero-order valence-corrected chi connectivity index (χ0v) is 14.6. The average Bonchev–Trinajstić information content (AvgIpc) is 3.28. The van der Waals surface area contributed by atoms with Gasteiger partial charge in [-0.25, -0.2) is 4.98 Å². The Kier molecular flexibility index (Phi) is 3.39. The lowest BCUT2D eigenvalue weighted by atomic mass is 10.2. The summed E-state index contributed by atoms with van der Waals surface area (Å²) in [5, 5.41) is 15.0. The SMILES string of the molecule is COc1ccc2nc(-c3nn4c(-c5ccccc5)nnc4s3)ccc2c1. The molecule has 0 radical (unpaired) electrons. The molecule has 7 heteroatoms. The van der Waals surface area contributed by atoms with Crippen molar-refractivity contribution in [1.82, 2.24) is 24.8 Å². The number of nitrogens with zero attached hydrogens (tertiary/aromatic N) is 5. The summed E-state index contributed by atoms with van der Waals surface area (Å²) in [6, 6.07) is 19.7. The molecular weight excluding hydrogens is 346 g/mol. The molecule has 0 fully saturated rings. The molecule has 0 unspecified atom stereocenters. The quantitative estimate of drug-likeness (QED) is 0.486. The van der Waals surface area contributed by atoms with E-state index in [0.29, 0.717) is 0 Å². The maximum atomic E-state index is 5.27. The molecule has 0 saturated heterocycles. The van der Waals surface area contributed by atoms with Gasteiger partial charge in [0.1, 0.15) is 11.4 Å². The number of methoxy groups -OCH3 is 1. The number of fused-ring (bicyclic) bond motifs is 2. The Balaban J connectivity index is 1.61. The largest absolute Gasteiger partial charge is 0.497 e. The maximum absolute atomic E-state index is 5.27. The van der Waals surface area contributed by atoms with Gasteiger partial charge in [0, 0.05) is 10.9 Å². The molecule has 26 heavy (non-hydrogen) atoms. The van der Waals surface area contributed by atoms with Crippen LogP contribution in [0, 0.1) is 0 Å². The van der Waals surface area contributed by atoms with Gasteiger partial charge >= 0.3 is 0 Å². The fourth-order valence-corrected chi connectivity index (χ4v) is 3.65. The van der Waals surface area contributed by atoms with E-state index in [-0.39, 0.29) is 0 Å². The summed E-state index contributed by atoms with van der Waals surface area (Å²) in [5.74, 6) is 1.55. The number of ether oxygens (including phenoxy) is 1. The molecule has 0 N–H and O–H groups in total. The summed E-state index contributed by atoms with van der Waals surface area (Å²) >= 11 is 1.47. The molecule has 0 saturated carbocycles. The van der Waals surface area contributed by atoms with E-state index in [0.717, 1.165) is 43.7 Å². The second kappa shape index (κ2) is 5.89. The Morgan fingerprint density at radius 3 is 2.69 bits per heavy atom. The minimum atomic E-state index is 0.730. The lowest BCUT2D eigenvalue weighted by molar-refractivity contribution is 0.415. The van der Waals surface area contributed by atoms with E-state index < -0.39 is 0 Å². The average molecular weight is 359 g/mol. The highest BCUT2D eigenvalue weighted by Gasteiger charge is 2.15. The van der Waals surface area contributed by atoms with Crippen LogP contribution >= 0.6 is 11.3 Å². The van der Waals surface area contributed by atoms with Crippen LogP contribution < -0.4 is 4.74 Å². The number of rotatable bonds is 3. The van der Waals surface area contributed by atoms with Crippen molar-refractivity contribution in [3.05, 3.63) is 60.7 Å². The van der Waals surface area contributed by atoms with E-state index in [1.165, 1.54) is 11.3 Å². The lowest BCUT2D eigenvalue weighted by Crippen LogP contribution is -1.92. The highest BCUT2D eigenvalue weighted by molar-refractivity contribution is 7.19. The van der Waals surface area contributed by atoms with Crippen LogP contribution in [0.3, 0.4) is 0 Å². The van der Waals surface area contributed by atoms with Crippen molar-refractivity contribution in [2.45, 2.75) is 0 Å². The van der Waals surface area contributed by atoms with Crippen molar-refractivity contribution < 1.29 is 4.74 Å². The molecule has 0 bridgehead atoms. The van der Waals surface area contributed by atoms with Gasteiger partial charge in [-0.05, 0) is 24.3 Å². The summed E-state index contributed by atoms with van der Waals surface area (Å²) in [5.41, 5.74) is 2.70. The van der Waals surface area contributed by atoms with Crippen molar-refractivity contribution in [1.29, 1.82) is 0 Å². The predicted molar refractivity (Wildman–Crippen MR) is 101 cm³/mol. The standard InChI is InChI=1S/C19H13N5OS/c1-25-14-8-10-15-13(11-14)7-9-16(20-15)18-23-24-17(21-22-19(24)26-18)12-5-3-2-4-6-12/h2-11H,1H3. The van der Waals surface area contributed by atoms with Crippen LogP contribution in [0.1, 0.15) is 0 Å². The molecular formula is C19H13N5OS. The zero-order valence-electron chi connectivity index (χ0n) is 13.8. The van der Waals surface area contributed by atoms with Crippen LogP contribution in [0.25, 0.3) is 38.0 Å². The molecule has 3 aromatic heterocycles. The Hall–Kier alpha value is -3.32. The van der Waals surface area contributed by atoms with E-state index >= 15 is 0 Å². The van der Waals surface area contributed by atoms with Crippen LogP contribution in [0.4, 0.5) is 0 Å². The van der Waals surface area contributed by atoms with E-state index in [1.54, 1.807) is 11.6 Å². The predicted octanol–water partition coefficient (Wildman–Crippen LogP) is 4.08. The van der Waals surface area contributed by atoms with Crippen LogP contribution in [0.2, 0.25) is 0 Å². The summed E-state index contributed by atoms with van der Waals surface area (Å²) < 4.78 is 7.04. The molecule has 0 spiro atoms. The fraction of sp³-hybridized carbons (Fsp3) is 0.0526. The third kappa shape index (κ3) is 2.41. The van der Waals surface area contributed by atoms with E-state index in [9.17, 15) is 0 Å². The minimum Gasteiger partial charge on any atom is -0.497 e. The number of benzene rings is 2. The molecule has 5 aromatic rings. The van der Waals surface area contributed by atoms with Gasteiger partial charge in [-0.15, -0.1) is 10.2 Å². The van der Waals surface area contributed by atoms with Gasteiger partial charge in [-0.3, -0.25) is 0 Å². The summed E-state index contributed by atoms with van der Waals surface area (Å²) in [6.45, 7) is 0. The first-order valence-corrected chi connectivity index (χ1v) is 8.86. The third-order valence-electron chi connectivity index (χ3n) is 4.14. The Morgan fingerprint density at radius 2 is 1.85 bits per heavy atom. The van der Waals surface area contributed by atoms with Crippen molar-refractivity contribution in [3.63, 3.8) is 0 Å². The molecule has 0 aliphatic carbocycles. The summed E-state index contributed by atoms with van der Waals surface area (Å²) in [7, 11) is 1.66. The topological polar surface area (TPSA) is 65.2 Å². The minimum absolute atomic E-state index is 0.730. The van der Waals surface area contributed by atoms with Gasteiger partial charge < -0.3 is 4.74 Å². The first-order valence-electron chi connectivity index (χ1n) is 8.05. The maximum Gasteiger partial charge on any atom is 0.235 e. The van der Waals surface area contributed by atoms with Crippen molar-refractivity contribution in [2.75, 3.05) is 7.11 Å². The monoisotopic (exact) mass is 359 g/mol. The van der Waals surface area contributed by atoms with Crippen LogP contribution in [0.15, 0.2) is 60.7 Å². The molecule has 0 amide bonds. The van der Waals surface area contributed by atoms with E-state index in [1.807, 2.05) is 60.7 Å². The van der Waals surface area contributed by atoms with Crippen molar-refractivity contribution in [3.8, 4) is 27.8 Å². The van der Waals surface area contributed by atoms with Crippen molar-refractivity contribution >= 4 is 27.2 Å². The molecule has 0 aliphatic heterocycles. The van der Waals surface area contributed by atoms with Crippen molar-refractivity contribution in [2.24, 2.45) is 0 Å². The second-order valence-electron chi connectivity index (χ2n) is 5.75. The fourth-order valence-electron chi connectivity index (χ4n) is 2.84. The normalized spacial score (nSPS) is 11.3. The number of aromatic nitrogens is 5. The molecule has 3 heterocycles. The number of hydrogen-bond acceptors (Lipinski definition) is 6. The number of hydrogen-bond donors (Lipinski definition) is 0. The highest BCUT2D eigenvalue weighted by Crippen LogP contribution is 2.29. The summed E-state index contributed by atoms with van der Waals surface area (Å²) in [4.78, 5) is 5.47. The highest BCUT2D eigenvalue weighted by atomic mass is 32.1. The van der Waals surface area contributed by atoms with E-state index in [2.05, 4.69) is 15.3 Å². The van der Waals surface area contributed by atoms with Gasteiger partial charge in [0.2, 0.25) is 4.96 Å². The third-order valence-corrected chi connectivity index (χ3v) is 5.06. The van der Waals surface area contributed by atoms with Gasteiger partial charge in [-0.2, -0.15) is 9.61 Å². The van der Waals surface area contributed by atoms with Crippen LogP contribution in [0.5, 0.6) is 5.75 Å². The molecule has 0 atom stereocenters. The molecule has 126 valence electrons.